The number of hydrogen-bond donors (Lipinski definition) is 7. The first-order chi connectivity index (χ1) is 56.7. The van der Waals surface area contributed by atoms with Gasteiger partial charge < -0.3 is 42.7 Å². The average Bonchev–Trinajstić information content (AvgIpc) is 1.62. The molecule has 1 aliphatic rings. The number of carbonyl (C=O) groups excluding carboxylic acids is 4. The highest BCUT2D eigenvalue weighted by Crippen LogP contribution is 2.32. The predicted octanol–water partition coefficient (Wildman–Crippen LogP) is 11.7. The number of rotatable bonds is 22. The molecule has 608 valence electrons. The van der Waals surface area contributed by atoms with Gasteiger partial charge in [-0.05, 0) is 312 Å². The van der Waals surface area contributed by atoms with Gasteiger partial charge in [0.25, 0.3) is 0 Å². The lowest BCUT2D eigenvalue weighted by atomic mass is 10.1. The van der Waals surface area contributed by atoms with E-state index in [0.29, 0.717) is 57.8 Å². The molecule has 1 saturated heterocycles. The molecule has 0 aliphatic carbocycles. The van der Waals surface area contributed by atoms with Gasteiger partial charge in [0, 0.05) is 93.0 Å². The number of nitrogens with one attached hydrogen (secondary N) is 2. The summed E-state index contributed by atoms with van der Waals surface area (Å²) < 4.78 is 35.6. The summed E-state index contributed by atoms with van der Waals surface area (Å²) in [6, 6.07) is 29.1. The minimum atomic E-state index is -0.484. The molecule has 26 nitrogen and oxygen atoms in total. The van der Waals surface area contributed by atoms with Gasteiger partial charge in [-0.1, -0.05) is 93.4 Å². The minimum absolute atomic E-state index is 0. The third-order valence-electron chi connectivity index (χ3n) is 12.3. The number of phenolic OH excluding ortho intramolecular Hbond substituents is 1. The summed E-state index contributed by atoms with van der Waals surface area (Å²) in [5.41, 5.74) is 7.85. The summed E-state index contributed by atoms with van der Waals surface area (Å²) in [6.45, 7) is 14.1. The van der Waals surface area contributed by atoms with Crippen LogP contribution in [0.2, 0.25) is 0 Å². The number of esters is 4. The van der Waals surface area contributed by atoms with E-state index in [9.17, 15) is 24.3 Å². The van der Waals surface area contributed by atoms with Gasteiger partial charge in [0.2, 0.25) is 0 Å². The molecule has 1 aliphatic heterocycles. The predicted molar refractivity (Wildman–Crippen MR) is 456 cm³/mol. The fraction of sp³-hybridized carbons (Fsp3) is 0.178. The van der Waals surface area contributed by atoms with Crippen LogP contribution in [0, 0.1) is 263 Å². The number of aromatic hydroxyl groups is 1. The standard InChI is InChI=1S/C24H25NO6.C24H6.C21H21NO5.C21H4.H3NO6.H3NO5.17H2/c1-3-28-24(27)23-16(2)25(12-22(26)31-13-17-7-5-4-6-8-17)21-10-9-18(11-20(21)23)29-14-19-15-30-19;1-3-5-7-9-11-13-15-17-19-21-23-24-22-20-18-16-14-12-10-8-6-4-2;1-3-26-21(25)20-14(2)22(18-10-9-16(23)11-17(18)20)12-19(24)27-13-15-7-5-4-6-8-15;1-3-5-7-9-11-13-15-17-19-21-20-18-16-14-12-10-8-6-4-2;2-6-4-1-5-7-3;2-4-1-5-6-3;;;;;;;;;;;;;;;;;/h4-11,19H,3,12-15H2,1-2H3;1-2H3;4-11,23H,3,12-13H2,1-2H3;1H,2H3;1-3H;1-3H;17*1H. The molecule has 7 N–H and O–H groups in total. The summed E-state index contributed by atoms with van der Waals surface area (Å²) in [4.78, 5) is 63.0. The number of carbonyl (C=O) groups is 4. The van der Waals surface area contributed by atoms with E-state index in [1.165, 1.54) is 23.4 Å². The molecule has 0 spiro atoms. The number of hydrogen-bond acceptors (Lipinski definition) is 24. The summed E-state index contributed by atoms with van der Waals surface area (Å²) in [6.07, 6.45) is 5.03. The quantitative estimate of drug-likeness (QED) is 0.00631. The van der Waals surface area contributed by atoms with Crippen molar-refractivity contribution in [1.82, 2.24) is 20.4 Å². The third-order valence-corrected chi connectivity index (χ3v) is 12.3. The van der Waals surface area contributed by atoms with E-state index in [0.717, 1.165) is 16.6 Å². The Morgan fingerprint density at radius 1 is 0.448 bits per heavy atom. The molecule has 0 saturated carbocycles. The van der Waals surface area contributed by atoms with Gasteiger partial charge in [-0.3, -0.25) is 9.59 Å². The van der Waals surface area contributed by atoms with Crippen LogP contribution in [-0.4, -0.2) is 91.7 Å². The lowest BCUT2D eigenvalue weighted by Crippen LogP contribution is -2.15. The van der Waals surface area contributed by atoms with Crippen molar-refractivity contribution in [2.75, 3.05) is 26.4 Å². The lowest BCUT2D eigenvalue weighted by molar-refractivity contribution is -0.619. The zero-order valence-electron chi connectivity index (χ0n) is 62.6. The van der Waals surface area contributed by atoms with Crippen molar-refractivity contribution >= 4 is 45.7 Å². The molecular formula is C90H96N4O22. The van der Waals surface area contributed by atoms with E-state index in [4.69, 9.17) is 55.9 Å². The number of nitrogens with zero attached hydrogens (tertiary/aromatic N) is 2. The van der Waals surface area contributed by atoms with Gasteiger partial charge in [0.15, 0.2) is 0 Å². The molecule has 6 aromatic rings. The Kier molecular flexibility index (Phi) is 53.3. The Labute approximate surface area is 695 Å². The van der Waals surface area contributed by atoms with E-state index >= 15 is 0 Å². The highest BCUT2D eigenvalue weighted by atomic mass is 17.6. The fourth-order valence-electron chi connectivity index (χ4n) is 7.86. The number of terminal acetylenes is 1. The molecule has 1 fully saturated rings. The highest BCUT2D eigenvalue weighted by Gasteiger charge is 2.26. The van der Waals surface area contributed by atoms with Crippen LogP contribution in [0.25, 0.3) is 21.8 Å². The van der Waals surface area contributed by atoms with Gasteiger partial charge in [-0.25, -0.2) is 30.6 Å². The van der Waals surface area contributed by atoms with Crippen molar-refractivity contribution in [1.29, 1.82) is 0 Å². The Bertz CT molecular complexity index is 5810. The molecule has 7 rings (SSSR count). The summed E-state index contributed by atoms with van der Waals surface area (Å²) in [5, 5.41) is 48.8. The van der Waals surface area contributed by atoms with Crippen LogP contribution in [0.3, 0.4) is 0 Å². The van der Waals surface area contributed by atoms with Gasteiger partial charge >= 0.3 is 23.9 Å². The third kappa shape index (κ3) is 44.2. The van der Waals surface area contributed by atoms with Crippen LogP contribution in [0.1, 0.15) is 102 Å². The van der Waals surface area contributed by atoms with Crippen molar-refractivity contribution < 1.29 is 133 Å². The smallest absolute Gasteiger partial charge is 0.340 e. The van der Waals surface area contributed by atoms with E-state index in [-0.39, 0.29) is 81.6 Å². The average molecular weight is 1590 g/mol. The van der Waals surface area contributed by atoms with Gasteiger partial charge in [0.1, 0.15) is 50.5 Å². The normalized spacial score (nSPS) is 9.03. The van der Waals surface area contributed by atoms with Crippen molar-refractivity contribution in [3.63, 3.8) is 0 Å². The van der Waals surface area contributed by atoms with Gasteiger partial charge in [-0.2, -0.15) is 0 Å². The number of phenols is 1. The Hall–Kier alpha value is -16.4. The zero-order chi connectivity index (χ0) is 84.5. The molecule has 4 aromatic carbocycles. The molecule has 3 heterocycles. The van der Waals surface area contributed by atoms with E-state index in [1.54, 1.807) is 63.7 Å². The van der Waals surface area contributed by atoms with Crippen molar-refractivity contribution in [3.8, 4) is 261 Å². The first-order valence-corrected chi connectivity index (χ1v) is 32.6. The molecular weight excluding hydrogens is 1490 g/mol. The monoisotopic (exact) mass is 1580 g/mol. The van der Waals surface area contributed by atoms with Gasteiger partial charge in [0.05, 0.1) is 30.9 Å². The van der Waals surface area contributed by atoms with Crippen LogP contribution < -0.4 is 16.0 Å². The molecule has 1 atom stereocenters. The van der Waals surface area contributed by atoms with Gasteiger partial charge in [-0.15, -0.1) is 11.4 Å². The molecule has 2 aromatic heterocycles. The first kappa shape index (κ1) is 95.7. The molecule has 1 unspecified atom stereocenters. The SMILES string of the molecule is C#CC#CC#CC#CC#CC#CC#CC#CC#CC#CC.CC#CC#CC#CC#CC#CC#CC#CC#CC#CC#CC#CC.CCOC(=O)c1c(C)n(CC(=O)OCc2ccccc2)c2ccc(O)cc12.CCOC(=O)c1c(C)n(CC(=O)OCc2ccccc2)c2ccc(OCC3CO3)cc12.OONOOO.OOONOOO.[HH].[HH].[HH].[HH].[HH].[HH].[HH].[HH].[HH].[HH].[HH].[HH].[HH].[HH].[HH].[HH].[HH]. The second-order valence-electron chi connectivity index (χ2n) is 19.7. The number of aromatic nitrogens is 2. The second kappa shape index (κ2) is 64.6. The van der Waals surface area contributed by atoms with Crippen LogP contribution in [0.5, 0.6) is 11.5 Å². The van der Waals surface area contributed by atoms with Crippen LogP contribution >= 0.6 is 0 Å². The van der Waals surface area contributed by atoms with E-state index in [1.807, 2.05) is 78.9 Å². The maximum atomic E-state index is 12.7. The molecule has 116 heavy (non-hydrogen) atoms. The van der Waals surface area contributed by atoms with Crippen molar-refractivity contribution in [3.05, 3.63) is 131 Å². The Morgan fingerprint density at radius 2 is 0.767 bits per heavy atom. The summed E-state index contributed by atoms with van der Waals surface area (Å²) in [5.74, 6) is 101. The number of fused-ring (bicyclic) bond motifs is 2. The second-order valence-corrected chi connectivity index (χ2v) is 19.7. The van der Waals surface area contributed by atoms with Crippen LogP contribution in [0.4, 0.5) is 0 Å². The molecule has 0 bridgehead atoms. The highest BCUT2D eigenvalue weighted by molar-refractivity contribution is 6.07. The van der Waals surface area contributed by atoms with Crippen molar-refractivity contribution in [2.45, 2.75) is 80.9 Å². The van der Waals surface area contributed by atoms with Crippen molar-refractivity contribution in [2.24, 2.45) is 0 Å². The maximum absolute atomic E-state index is 12.7. The van der Waals surface area contributed by atoms with E-state index in [2.05, 4.69) is 278 Å². The molecule has 0 amide bonds. The number of ether oxygens (including phenoxy) is 6. The number of epoxide rings is 1. The van der Waals surface area contributed by atoms with Crippen LogP contribution in [-0.2, 0) is 94.6 Å². The lowest BCUT2D eigenvalue weighted by Gasteiger charge is -2.10. The Morgan fingerprint density at radius 3 is 1.07 bits per heavy atom. The molecule has 26 heteroatoms. The molecule has 0 radical (unpaired) electrons. The Balaban J connectivity index is -0.0000000905. The fourth-order valence-corrected chi connectivity index (χ4v) is 7.86. The maximum Gasteiger partial charge on any atom is 0.340 e. The minimum Gasteiger partial charge on any atom is -0.508 e. The zero-order valence-corrected chi connectivity index (χ0v) is 62.6. The largest absolute Gasteiger partial charge is 0.508 e. The topological polar surface area (TPSA) is 327 Å². The van der Waals surface area contributed by atoms with Crippen LogP contribution in [0.15, 0.2) is 97.1 Å². The summed E-state index contributed by atoms with van der Waals surface area (Å²) in [7, 11) is 0. The first-order valence-electron chi connectivity index (χ1n) is 32.6. The summed E-state index contributed by atoms with van der Waals surface area (Å²) >= 11 is 0. The van der Waals surface area contributed by atoms with E-state index < -0.39 is 17.9 Å². The number of benzene rings is 4.